The predicted octanol–water partition coefficient (Wildman–Crippen LogP) is 6.66. The second-order valence-corrected chi connectivity index (χ2v) is 9.18. The molecular weight excluding hydrogens is 555 g/mol. The number of carbonyl (C=O) groups excluding carboxylic acids is 2. The van der Waals surface area contributed by atoms with E-state index in [1.807, 2.05) is 6.07 Å². The van der Waals surface area contributed by atoms with Crippen molar-refractivity contribution in [3.8, 4) is 17.2 Å². The second-order valence-electron chi connectivity index (χ2n) is 8.77. The molecule has 200 valence electrons. The van der Waals surface area contributed by atoms with Crippen molar-refractivity contribution in [3.05, 3.63) is 117 Å². The summed E-state index contributed by atoms with van der Waals surface area (Å²) in [5.74, 6) is -3.66. The van der Waals surface area contributed by atoms with E-state index in [0.29, 0.717) is 23.3 Å². The van der Waals surface area contributed by atoms with E-state index in [1.165, 1.54) is 36.7 Å². The van der Waals surface area contributed by atoms with Gasteiger partial charge in [-0.3, -0.25) is 14.6 Å². The Bertz CT molecular complexity index is 1750. The van der Waals surface area contributed by atoms with Gasteiger partial charge in [0.25, 0.3) is 11.8 Å². The van der Waals surface area contributed by atoms with Gasteiger partial charge in [-0.1, -0.05) is 11.6 Å². The Hall–Kier alpha value is -4.82. The molecule has 6 nitrogen and oxygen atoms in total. The zero-order chi connectivity index (χ0) is 28.8. The molecule has 0 spiro atoms. The first-order chi connectivity index (χ1) is 19.0. The maximum Gasteiger partial charge on any atom is 0.416 e. The number of amides is 2. The molecule has 1 aliphatic rings. The summed E-state index contributed by atoms with van der Waals surface area (Å²) in [7, 11) is 0. The lowest BCUT2D eigenvalue weighted by Gasteiger charge is -2.19. The molecule has 1 aromatic heterocycles. The summed E-state index contributed by atoms with van der Waals surface area (Å²) < 4.78 is 68.0. The van der Waals surface area contributed by atoms with Crippen LogP contribution in [0.5, 0.6) is 0 Å². The van der Waals surface area contributed by atoms with Crippen LogP contribution in [-0.2, 0) is 6.18 Å². The molecular formula is C28H14ClF5N4O2. The summed E-state index contributed by atoms with van der Waals surface area (Å²) in [6.07, 6.45) is -2.22. The number of aromatic nitrogens is 1. The number of benzene rings is 3. The van der Waals surface area contributed by atoms with Gasteiger partial charge < -0.3 is 10.6 Å². The Morgan fingerprint density at radius 1 is 1.02 bits per heavy atom. The molecule has 12 heteroatoms. The first-order valence-electron chi connectivity index (χ1n) is 11.4. The first kappa shape index (κ1) is 26.8. The van der Waals surface area contributed by atoms with E-state index in [1.54, 1.807) is 0 Å². The number of anilines is 1. The number of carbonyl (C=O) groups is 2. The number of nitrogens with zero attached hydrogens (tertiary/aromatic N) is 2. The van der Waals surface area contributed by atoms with Gasteiger partial charge in [-0.2, -0.15) is 18.4 Å². The zero-order valence-electron chi connectivity index (χ0n) is 19.9. The van der Waals surface area contributed by atoms with Crippen molar-refractivity contribution >= 4 is 29.1 Å². The van der Waals surface area contributed by atoms with Crippen molar-refractivity contribution in [2.75, 3.05) is 5.32 Å². The van der Waals surface area contributed by atoms with Gasteiger partial charge in [0.05, 0.1) is 17.2 Å². The Morgan fingerprint density at radius 3 is 2.52 bits per heavy atom. The SMILES string of the molecule is N#Cc1cnccc1-c1cc(NC(=O)c2cc(F)cc(C(F)(F)F)c2)c2c(c1)C(=O)N[C@H]2c1cc(F)ccc1Cl. The van der Waals surface area contributed by atoms with Crippen LogP contribution >= 0.6 is 11.6 Å². The van der Waals surface area contributed by atoms with Gasteiger partial charge in [0.15, 0.2) is 0 Å². The van der Waals surface area contributed by atoms with Gasteiger partial charge in [-0.05, 0) is 60.2 Å². The number of rotatable bonds is 4. The van der Waals surface area contributed by atoms with Crippen molar-refractivity contribution in [2.45, 2.75) is 12.2 Å². The Balaban J connectivity index is 1.69. The minimum Gasteiger partial charge on any atom is -0.341 e. The summed E-state index contributed by atoms with van der Waals surface area (Å²) in [6, 6.07) is 10.2. The molecule has 0 radical (unpaired) electrons. The fraction of sp³-hybridized carbons (Fsp3) is 0.0714. The lowest BCUT2D eigenvalue weighted by molar-refractivity contribution is -0.137. The van der Waals surface area contributed by atoms with Gasteiger partial charge >= 0.3 is 6.18 Å². The summed E-state index contributed by atoms with van der Waals surface area (Å²) in [4.78, 5) is 30.1. The van der Waals surface area contributed by atoms with Crippen LogP contribution in [0.3, 0.4) is 0 Å². The maximum absolute atomic E-state index is 14.1. The number of hydrogen-bond acceptors (Lipinski definition) is 4. The van der Waals surface area contributed by atoms with Gasteiger partial charge in [0.1, 0.15) is 17.7 Å². The number of fused-ring (bicyclic) bond motifs is 1. The van der Waals surface area contributed by atoms with Crippen LogP contribution in [0, 0.1) is 23.0 Å². The van der Waals surface area contributed by atoms with Gasteiger partial charge in [-0.25, -0.2) is 8.78 Å². The summed E-state index contributed by atoms with van der Waals surface area (Å²) in [6.45, 7) is 0. The molecule has 3 aromatic carbocycles. The number of alkyl halides is 3. The van der Waals surface area contributed by atoms with Gasteiger partial charge in [-0.15, -0.1) is 0 Å². The van der Waals surface area contributed by atoms with E-state index in [-0.39, 0.29) is 39.0 Å². The summed E-state index contributed by atoms with van der Waals surface area (Å²) in [5.41, 5.74) is -0.931. The molecule has 2 N–H and O–H groups in total. The fourth-order valence-corrected chi connectivity index (χ4v) is 4.70. The molecule has 0 fully saturated rings. The normalized spacial score (nSPS) is 14.3. The van der Waals surface area contributed by atoms with Crippen molar-refractivity contribution in [1.29, 1.82) is 5.26 Å². The highest BCUT2D eigenvalue weighted by atomic mass is 35.5. The molecule has 4 aromatic rings. The van der Waals surface area contributed by atoms with Crippen LogP contribution in [0.1, 0.15) is 49.0 Å². The summed E-state index contributed by atoms with van der Waals surface area (Å²) in [5, 5.41) is 14.8. The topological polar surface area (TPSA) is 94.9 Å². The number of nitrogens with one attached hydrogen (secondary N) is 2. The average molecular weight is 569 g/mol. The van der Waals surface area contributed by atoms with Crippen molar-refractivity contribution in [2.24, 2.45) is 0 Å². The number of nitriles is 1. The quantitative estimate of drug-likeness (QED) is 0.269. The molecule has 5 rings (SSSR count). The van der Waals surface area contributed by atoms with Crippen molar-refractivity contribution in [1.82, 2.24) is 10.3 Å². The van der Waals surface area contributed by atoms with E-state index in [9.17, 15) is 36.8 Å². The lowest BCUT2D eigenvalue weighted by atomic mass is 9.92. The fourth-order valence-electron chi connectivity index (χ4n) is 4.48. The Kier molecular flexibility index (Phi) is 6.73. The molecule has 2 amide bonds. The van der Waals surface area contributed by atoms with Crippen LogP contribution < -0.4 is 10.6 Å². The molecule has 1 atom stereocenters. The van der Waals surface area contributed by atoms with E-state index in [2.05, 4.69) is 15.6 Å². The molecule has 1 aliphatic heterocycles. The molecule has 0 unspecified atom stereocenters. The highest BCUT2D eigenvalue weighted by Gasteiger charge is 2.36. The minimum absolute atomic E-state index is 0.0362. The van der Waals surface area contributed by atoms with E-state index < -0.39 is 46.8 Å². The number of hydrogen-bond donors (Lipinski definition) is 2. The van der Waals surface area contributed by atoms with Crippen molar-refractivity contribution in [3.63, 3.8) is 0 Å². The highest BCUT2D eigenvalue weighted by Crippen LogP contribution is 2.42. The molecule has 2 heterocycles. The monoisotopic (exact) mass is 568 g/mol. The van der Waals surface area contributed by atoms with Crippen LogP contribution in [0.25, 0.3) is 11.1 Å². The molecule has 0 bridgehead atoms. The van der Waals surface area contributed by atoms with Crippen molar-refractivity contribution < 1.29 is 31.5 Å². The van der Waals surface area contributed by atoms with E-state index in [0.717, 1.165) is 12.1 Å². The Morgan fingerprint density at radius 2 is 1.80 bits per heavy atom. The maximum atomic E-state index is 14.1. The number of pyridine rings is 1. The van der Waals surface area contributed by atoms with Crippen LogP contribution in [-0.4, -0.2) is 16.8 Å². The lowest BCUT2D eigenvalue weighted by Crippen LogP contribution is -2.21. The minimum atomic E-state index is -4.91. The van der Waals surface area contributed by atoms with Gasteiger partial charge in [0, 0.05) is 50.9 Å². The van der Waals surface area contributed by atoms with Crippen LogP contribution in [0.4, 0.5) is 27.6 Å². The molecule has 40 heavy (non-hydrogen) atoms. The number of halogens is 6. The zero-order valence-corrected chi connectivity index (χ0v) is 20.7. The smallest absolute Gasteiger partial charge is 0.341 e. The predicted molar refractivity (Wildman–Crippen MR) is 134 cm³/mol. The first-order valence-corrected chi connectivity index (χ1v) is 11.8. The Labute approximate surface area is 228 Å². The molecule has 0 saturated heterocycles. The van der Waals surface area contributed by atoms with Crippen LogP contribution in [0.2, 0.25) is 5.02 Å². The van der Waals surface area contributed by atoms with E-state index in [4.69, 9.17) is 11.6 Å². The van der Waals surface area contributed by atoms with Crippen LogP contribution in [0.15, 0.2) is 67.0 Å². The molecule has 0 saturated carbocycles. The summed E-state index contributed by atoms with van der Waals surface area (Å²) >= 11 is 6.29. The largest absolute Gasteiger partial charge is 0.416 e. The molecule has 0 aliphatic carbocycles. The second kappa shape index (κ2) is 10.1. The third kappa shape index (κ3) is 4.97. The third-order valence-corrected chi connectivity index (χ3v) is 6.59. The highest BCUT2D eigenvalue weighted by molar-refractivity contribution is 6.31. The average Bonchev–Trinajstić information content (AvgIpc) is 3.25. The standard InChI is InChI=1S/C28H14ClF5N4O2/c29-22-2-1-17(30)10-20(22)25-24-21(27(40)38-25)7-13(19-3-4-36-12-15(19)11-35)8-23(24)37-26(39)14-5-16(28(32,33)34)9-18(31)6-14/h1-10,12,25H,(H,37,39)(H,38,40)/t25-/m0/s1. The third-order valence-electron chi connectivity index (χ3n) is 6.25. The van der Waals surface area contributed by atoms with Gasteiger partial charge in [0.2, 0.25) is 0 Å². The van der Waals surface area contributed by atoms with E-state index >= 15 is 0 Å².